The van der Waals surface area contributed by atoms with Crippen LogP contribution in [0.15, 0.2) is 49.2 Å². The summed E-state index contributed by atoms with van der Waals surface area (Å²) in [6.45, 7) is 1.35. The molecule has 0 aromatic carbocycles. The molecule has 0 atom stereocenters. The highest BCUT2D eigenvalue weighted by atomic mass is 16.1. The molecule has 3 rings (SSSR count). The van der Waals surface area contributed by atoms with Crippen LogP contribution in [-0.4, -0.2) is 31.6 Å². The number of rotatable bonds is 4. The van der Waals surface area contributed by atoms with Gasteiger partial charge in [0.05, 0.1) is 5.56 Å². The first kappa shape index (κ1) is 11.5. The van der Waals surface area contributed by atoms with Gasteiger partial charge in [-0.1, -0.05) is 0 Å². The summed E-state index contributed by atoms with van der Waals surface area (Å²) >= 11 is 0. The van der Waals surface area contributed by atoms with Gasteiger partial charge in [-0.15, -0.1) is 10.2 Å². The van der Waals surface area contributed by atoms with E-state index in [1.165, 1.54) is 0 Å². The molecule has 0 unspecified atom stereocenters. The van der Waals surface area contributed by atoms with Crippen molar-refractivity contribution in [1.29, 1.82) is 0 Å². The molecular formula is C13H13N5O. The van der Waals surface area contributed by atoms with Crippen molar-refractivity contribution >= 4 is 11.6 Å². The SMILES string of the molecule is O=C(NCCn1cccc1)c1ccc2nncn2c1. The van der Waals surface area contributed by atoms with Crippen molar-refractivity contribution in [1.82, 2.24) is 24.5 Å². The lowest BCUT2D eigenvalue weighted by molar-refractivity contribution is 0.0952. The van der Waals surface area contributed by atoms with Gasteiger partial charge in [-0.2, -0.15) is 0 Å². The first-order valence-corrected chi connectivity index (χ1v) is 6.01. The molecule has 19 heavy (non-hydrogen) atoms. The smallest absolute Gasteiger partial charge is 0.252 e. The summed E-state index contributed by atoms with van der Waals surface area (Å²) in [5.41, 5.74) is 1.32. The van der Waals surface area contributed by atoms with Gasteiger partial charge in [-0.05, 0) is 24.3 Å². The Morgan fingerprint density at radius 2 is 2.11 bits per heavy atom. The minimum Gasteiger partial charge on any atom is -0.353 e. The molecule has 1 amide bonds. The number of nitrogens with zero attached hydrogens (tertiary/aromatic N) is 4. The van der Waals surface area contributed by atoms with E-state index in [2.05, 4.69) is 15.5 Å². The Morgan fingerprint density at radius 3 is 2.95 bits per heavy atom. The third-order valence-electron chi connectivity index (χ3n) is 2.87. The number of carbonyl (C=O) groups is 1. The van der Waals surface area contributed by atoms with E-state index in [0.717, 1.165) is 12.2 Å². The normalized spacial score (nSPS) is 10.7. The molecule has 6 heteroatoms. The second kappa shape index (κ2) is 4.93. The molecule has 0 spiro atoms. The average Bonchev–Trinajstić information content (AvgIpc) is 3.08. The lowest BCUT2D eigenvalue weighted by Gasteiger charge is -2.06. The topological polar surface area (TPSA) is 64.2 Å². The van der Waals surface area contributed by atoms with Crippen LogP contribution < -0.4 is 5.32 Å². The molecule has 96 valence electrons. The van der Waals surface area contributed by atoms with Crippen molar-refractivity contribution in [2.45, 2.75) is 6.54 Å². The van der Waals surface area contributed by atoms with E-state index in [9.17, 15) is 4.79 Å². The maximum atomic E-state index is 12.0. The Morgan fingerprint density at radius 1 is 1.26 bits per heavy atom. The molecule has 3 heterocycles. The van der Waals surface area contributed by atoms with E-state index in [1.807, 2.05) is 29.1 Å². The summed E-state index contributed by atoms with van der Waals surface area (Å²) in [7, 11) is 0. The van der Waals surface area contributed by atoms with Crippen LogP contribution in [0.2, 0.25) is 0 Å². The molecule has 3 aromatic heterocycles. The van der Waals surface area contributed by atoms with E-state index < -0.39 is 0 Å². The maximum Gasteiger partial charge on any atom is 0.252 e. The van der Waals surface area contributed by atoms with Crippen LogP contribution in [-0.2, 0) is 6.54 Å². The van der Waals surface area contributed by atoms with Gasteiger partial charge in [0.2, 0.25) is 0 Å². The van der Waals surface area contributed by atoms with E-state index in [0.29, 0.717) is 12.1 Å². The predicted octanol–water partition coefficient (Wildman–Crippen LogP) is 0.961. The minimum absolute atomic E-state index is 0.0947. The monoisotopic (exact) mass is 255 g/mol. The fourth-order valence-corrected chi connectivity index (χ4v) is 1.88. The fourth-order valence-electron chi connectivity index (χ4n) is 1.88. The standard InChI is InChI=1S/C13H13N5O/c19-13(14-5-8-17-6-1-2-7-17)11-3-4-12-16-15-10-18(12)9-11/h1-4,6-7,9-10H,5,8H2,(H,14,19). The van der Waals surface area contributed by atoms with Gasteiger partial charge in [-0.3, -0.25) is 9.20 Å². The summed E-state index contributed by atoms with van der Waals surface area (Å²) in [6.07, 6.45) is 7.23. The summed E-state index contributed by atoms with van der Waals surface area (Å²) in [4.78, 5) is 12.0. The van der Waals surface area contributed by atoms with Crippen molar-refractivity contribution in [2.75, 3.05) is 6.54 Å². The summed E-state index contributed by atoms with van der Waals surface area (Å²) in [5, 5.41) is 10.5. The lowest BCUT2D eigenvalue weighted by Crippen LogP contribution is -2.27. The molecule has 0 fully saturated rings. The molecule has 0 radical (unpaired) electrons. The first-order chi connectivity index (χ1) is 9.33. The summed E-state index contributed by atoms with van der Waals surface area (Å²) < 4.78 is 3.74. The Balaban J connectivity index is 1.63. The van der Waals surface area contributed by atoms with Gasteiger partial charge in [0.15, 0.2) is 5.65 Å². The van der Waals surface area contributed by atoms with Crippen molar-refractivity contribution in [3.8, 4) is 0 Å². The second-order valence-electron chi connectivity index (χ2n) is 4.19. The van der Waals surface area contributed by atoms with Crippen molar-refractivity contribution in [3.63, 3.8) is 0 Å². The van der Waals surface area contributed by atoms with Crippen molar-refractivity contribution in [2.24, 2.45) is 0 Å². The van der Waals surface area contributed by atoms with E-state index >= 15 is 0 Å². The zero-order valence-electron chi connectivity index (χ0n) is 10.2. The summed E-state index contributed by atoms with van der Waals surface area (Å²) in [5.74, 6) is -0.0947. The third kappa shape index (κ3) is 2.47. The quantitative estimate of drug-likeness (QED) is 0.755. The molecule has 0 saturated heterocycles. The highest BCUT2D eigenvalue weighted by Crippen LogP contribution is 2.03. The van der Waals surface area contributed by atoms with Gasteiger partial charge in [0, 0.05) is 31.7 Å². The lowest BCUT2D eigenvalue weighted by atomic mass is 10.2. The molecule has 0 bridgehead atoms. The Kier molecular flexibility index (Phi) is 2.97. The molecule has 3 aromatic rings. The fraction of sp³-hybridized carbons (Fsp3) is 0.154. The number of hydrogen-bond donors (Lipinski definition) is 1. The second-order valence-corrected chi connectivity index (χ2v) is 4.19. The Hall–Kier alpha value is -2.63. The van der Waals surface area contributed by atoms with Crippen molar-refractivity contribution < 1.29 is 4.79 Å². The average molecular weight is 255 g/mol. The van der Waals surface area contributed by atoms with E-state index in [4.69, 9.17) is 0 Å². The van der Waals surface area contributed by atoms with E-state index in [1.54, 1.807) is 29.1 Å². The van der Waals surface area contributed by atoms with Crippen molar-refractivity contribution in [3.05, 3.63) is 54.7 Å². The Labute approximate surface area is 109 Å². The zero-order valence-corrected chi connectivity index (χ0v) is 10.2. The number of amides is 1. The predicted molar refractivity (Wildman–Crippen MR) is 69.8 cm³/mol. The molecule has 1 N–H and O–H groups in total. The number of fused-ring (bicyclic) bond motifs is 1. The van der Waals surface area contributed by atoms with Crippen LogP contribution in [0.5, 0.6) is 0 Å². The first-order valence-electron chi connectivity index (χ1n) is 6.01. The molecule has 6 nitrogen and oxygen atoms in total. The van der Waals surface area contributed by atoms with Gasteiger partial charge >= 0.3 is 0 Å². The molecule has 0 saturated carbocycles. The number of carbonyl (C=O) groups excluding carboxylic acids is 1. The molecule has 0 aliphatic carbocycles. The maximum absolute atomic E-state index is 12.0. The molecule has 0 aliphatic heterocycles. The van der Waals surface area contributed by atoms with Crippen LogP contribution in [0.25, 0.3) is 5.65 Å². The van der Waals surface area contributed by atoms with Gasteiger partial charge < -0.3 is 9.88 Å². The van der Waals surface area contributed by atoms with Crippen LogP contribution in [0.3, 0.4) is 0 Å². The third-order valence-corrected chi connectivity index (χ3v) is 2.87. The Bertz CT molecular complexity index is 686. The van der Waals surface area contributed by atoms with Crippen LogP contribution in [0.4, 0.5) is 0 Å². The van der Waals surface area contributed by atoms with Gasteiger partial charge in [-0.25, -0.2) is 0 Å². The van der Waals surface area contributed by atoms with Crippen LogP contribution >= 0.6 is 0 Å². The highest BCUT2D eigenvalue weighted by molar-refractivity contribution is 5.94. The molecular weight excluding hydrogens is 242 g/mol. The largest absolute Gasteiger partial charge is 0.353 e. The number of hydrogen-bond acceptors (Lipinski definition) is 3. The highest BCUT2D eigenvalue weighted by Gasteiger charge is 2.06. The van der Waals surface area contributed by atoms with Gasteiger partial charge in [0.25, 0.3) is 5.91 Å². The van der Waals surface area contributed by atoms with Crippen LogP contribution in [0, 0.1) is 0 Å². The number of aromatic nitrogens is 4. The number of pyridine rings is 1. The molecule has 0 aliphatic rings. The van der Waals surface area contributed by atoms with Gasteiger partial charge in [0.1, 0.15) is 6.33 Å². The van der Waals surface area contributed by atoms with E-state index in [-0.39, 0.29) is 5.91 Å². The number of nitrogens with one attached hydrogen (secondary N) is 1. The minimum atomic E-state index is -0.0947. The summed E-state index contributed by atoms with van der Waals surface area (Å²) in [6, 6.07) is 7.44. The van der Waals surface area contributed by atoms with Crippen LogP contribution in [0.1, 0.15) is 10.4 Å². The zero-order chi connectivity index (χ0) is 13.1.